The normalized spacial score (nSPS) is 16.4. The minimum Gasteiger partial charge on any atom is -0.310 e. The Morgan fingerprint density at radius 2 is 1.00 bits per heavy atom. The number of fused-ring (bicyclic) bond motifs is 6. The molecule has 0 fully saturated rings. The van der Waals surface area contributed by atoms with E-state index in [4.69, 9.17) is 0 Å². The Labute approximate surface area is 219 Å². The molecule has 5 aromatic rings. The van der Waals surface area contributed by atoms with Crippen LogP contribution in [0.1, 0.15) is 49.9 Å². The molecule has 0 spiro atoms. The first-order valence-electron chi connectivity index (χ1n) is 13.2. The van der Waals surface area contributed by atoms with E-state index in [-0.39, 0.29) is 10.8 Å². The Hall–Kier alpha value is -4.10. The fourth-order valence-electron chi connectivity index (χ4n) is 6.93. The molecule has 0 N–H and O–H groups in total. The lowest BCUT2D eigenvalue weighted by atomic mass is 9.74. The molecule has 7 rings (SSSR count). The zero-order chi connectivity index (χ0) is 25.4. The van der Waals surface area contributed by atoms with Crippen LogP contribution in [0.5, 0.6) is 0 Å². The highest BCUT2D eigenvalue weighted by Gasteiger charge is 2.50. The summed E-state index contributed by atoms with van der Waals surface area (Å²) in [6, 6.07) is 42.0. The average Bonchev–Trinajstić information content (AvgIpc) is 3.32. The van der Waals surface area contributed by atoms with Crippen molar-refractivity contribution < 1.29 is 0 Å². The third kappa shape index (κ3) is 2.98. The van der Waals surface area contributed by atoms with Gasteiger partial charge in [-0.2, -0.15) is 0 Å². The lowest BCUT2D eigenvalue weighted by Gasteiger charge is -2.32. The second-order valence-electron chi connectivity index (χ2n) is 11.4. The number of para-hydroxylation sites is 2. The molecule has 0 unspecified atom stereocenters. The lowest BCUT2D eigenvalue weighted by Crippen LogP contribution is -2.20. The van der Waals surface area contributed by atoms with Crippen molar-refractivity contribution in [2.75, 3.05) is 4.90 Å². The highest BCUT2D eigenvalue weighted by atomic mass is 15.1. The summed E-state index contributed by atoms with van der Waals surface area (Å²) in [5.41, 5.74) is 12.1. The first-order valence-corrected chi connectivity index (χ1v) is 13.2. The van der Waals surface area contributed by atoms with E-state index in [1.54, 1.807) is 0 Å². The van der Waals surface area contributed by atoms with Gasteiger partial charge in [0.25, 0.3) is 0 Å². The molecule has 0 saturated heterocycles. The van der Waals surface area contributed by atoms with Crippen molar-refractivity contribution in [1.29, 1.82) is 0 Å². The molecule has 0 amide bonds. The molecule has 2 aliphatic carbocycles. The number of anilines is 3. The number of benzene rings is 5. The van der Waals surface area contributed by atoms with E-state index in [1.165, 1.54) is 61.2 Å². The second-order valence-corrected chi connectivity index (χ2v) is 11.4. The molecule has 0 atom stereocenters. The number of allylic oxidation sites excluding steroid dienone is 2. The maximum absolute atomic E-state index is 2.48. The summed E-state index contributed by atoms with van der Waals surface area (Å²) in [5, 5.41) is 2.62. The topological polar surface area (TPSA) is 3.24 Å². The van der Waals surface area contributed by atoms with Gasteiger partial charge in [-0.25, -0.2) is 0 Å². The van der Waals surface area contributed by atoms with Gasteiger partial charge in [-0.05, 0) is 69.1 Å². The quantitative estimate of drug-likeness (QED) is 0.250. The van der Waals surface area contributed by atoms with Crippen LogP contribution in [0, 0.1) is 0 Å². The maximum Gasteiger partial charge on any atom is 0.0543 e. The molecular weight excluding hydrogens is 446 g/mol. The van der Waals surface area contributed by atoms with Crippen LogP contribution in [0.25, 0.3) is 21.9 Å². The zero-order valence-electron chi connectivity index (χ0n) is 21.9. The van der Waals surface area contributed by atoms with Gasteiger partial charge in [-0.1, -0.05) is 113 Å². The van der Waals surface area contributed by atoms with Crippen LogP contribution in [0.3, 0.4) is 0 Å². The summed E-state index contributed by atoms with van der Waals surface area (Å²) in [5.74, 6) is 0. The Balaban J connectivity index is 1.57. The van der Waals surface area contributed by atoms with Gasteiger partial charge in [-0.15, -0.1) is 0 Å². The van der Waals surface area contributed by atoms with Gasteiger partial charge in [0.1, 0.15) is 0 Å². The third-order valence-corrected chi connectivity index (χ3v) is 8.59. The van der Waals surface area contributed by atoms with E-state index < -0.39 is 0 Å². The van der Waals surface area contributed by atoms with Crippen molar-refractivity contribution in [3.8, 4) is 0 Å². The van der Waals surface area contributed by atoms with Crippen LogP contribution in [-0.2, 0) is 10.8 Å². The Bertz CT molecular complexity index is 1670. The first-order chi connectivity index (χ1) is 17.9. The zero-order valence-corrected chi connectivity index (χ0v) is 21.9. The van der Waals surface area contributed by atoms with Crippen molar-refractivity contribution in [2.45, 2.75) is 38.5 Å². The SMILES string of the molecule is CC1(C)C2=C(c3ccccc31)C(C)(C)c1cc(N(c3ccccc3)c3ccccc3)c3ccccc3c12. The van der Waals surface area contributed by atoms with Crippen LogP contribution >= 0.6 is 0 Å². The van der Waals surface area contributed by atoms with Crippen molar-refractivity contribution in [3.63, 3.8) is 0 Å². The highest BCUT2D eigenvalue weighted by Crippen LogP contribution is 2.64. The van der Waals surface area contributed by atoms with E-state index in [2.05, 4.69) is 148 Å². The monoisotopic (exact) mass is 477 g/mol. The number of rotatable bonds is 3. The number of nitrogens with zero attached hydrogens (tertiary/aromatic N) is 1. The van der Waals surface area contributed by atoms with Crippen LogP contribution < -0.4 is 4.90 Å². The summed E-state index contributed by atoms with van der Waals surface area (Å²) in [7, 11) is 0. The van der Waals surface area contributed by atoms with Gasteiger partial charge in [0.2, 0.25) is 0 Å². The Kier molecular flexibility index (Phi) is 4.60. The largest absolute Gasteiger partial charge is 0.310 e. The molecule has 180 valence electrons. The maximum atomic E-state index is 2.48. The third-order valence-electron chi connectivity index (χ3n) is 8.59. The minimum absolute atomic E-state index is 0.0444. The van der Waals surface area contributed by atoms with Gasteiger partial charge >= 0.3 is 0 Å². The summed E-state index contributed by atoms with van der Waals surface area (Å²) in [6.45, 7) is 9.64. The van der Waals surface area contributed by atoms with Crippen LogP contribution in [0.2, 0.25) is 0 Å². The molecule has 1 heteroatoms. The van der Waals surface area contributed by atoms with Gasteiger partial charge < -0.3 is 4.90 Å². The lowest BCUT2D eigenvalue weighted by molar-refractivity contribution is 0.696. The summed E-state index contributed by atoms with van der Waals surface area (Å²) in [6.07, 6.45) is 0. The molecule has 0 aromatic heterocycles. The van der Waals surface area contributed by atoms with E-state index in [1.807, 2.05) is 0 Å². The van der Waals surface area contributed by atoms with Gasteiger partial charge in [-0.3, -0.25) is 0 Å². The molecule has 0 radical (unpaired) electrons. The first kappa shape index (κ1) is 22.1. The average molecular weight is 478 g/mol. The van der Waals surface area contributed by atoms with Crippen LogP contribution in [0.4, 0.5) is 17.1 Å². The summed E-state index contributed by atoms with van der Waals surface area (Å²) < 4.78 is 0. The smallest absolute Gasteiger partial charge is 0.0543 e. The fraction of sp³-hybridized carbons (Fsp3) is 0.167. The minimum atomic E-state index is -0.105. The molecule has 1 nitrogen and oxygen atoms in total. The van der Waals surface area contributed by atoms with Crippen molar-refractivity contribution in [3.05, 3.63) is 138 Å². The number of hydrogen-bond donors (Lipinski definition) is 0. The molecule has 0 aliphatic heterocycles. The standard InChI is InChI=1S/C36H31N/c1-35(2)29-22-14-13-21-28(29)33-34(35)32-27-20-12-11-19-26(27)31(23-30(32)36(33,3)4)37(24-15-7-5-8-16-24)25-17-9-6-10-18-25/h5-23H,1-4H3. The highest BCUT2D eigenvalue weighted by molar-refractivity contribution is 6.17. The summed E-state index contributed by atoms with van der Waals surface area (Å²) >= 11 is 0. The predicted molar refractivity (Wildman–Crippen MR) is 158 cm³/mol. The van der Waals surface area contributed by atoms with Crippen LogP contribution in [-0.4, -0.2) is 0 Å². The summed E-state index contributed by atoms with van der Waals surface area (Å²) in [4.78, 5) is 2.42. The van der Waals surface area contributed by atoms with Crippen molar-refractivity contribution in [1.82, 2.24) is 0 Å². The van der Waals surface area contributed by atoms with Gasteiger partial charge in [0.05, 0.1) is 5.69 Å². The predicted octanol–water partition coefficient (Wildman–Crippen LogP) is 9.80. The Morgan fingerprint density at radius 3 is 1.65 bits per heavy atom. The molecule has 0 heterocycles. The second kappa shape index (κ2) is 7.70. The fourth-order valence-corrected chi connectivity index (χ4v) is 6.93. The van der Waals surface area contributed by atoms with E-state index in [0.29, 0.717) is 0 Å². The van der Waals surface area contributed by atoms with E-state index in [0.717, 1.165) is 0 Å². The molecule has 37 heavy (non-hydrogen) atoms. The van der Waals surface area contributed by atoms with Crippen molar-refractivity contribution in [2.24, 2.45) is 0 Å². The van der Waals surface area contributed by atoms with E-state index in [9.17, 15) is 0 Å². The molecule has 0 saturated carbocycles. The van der Waals surface area contributed by atoms with Gasteiger partial charge in [0.15, 0.2) is 0 Å². The molecule has 2 aliphatic rings. The molecular formula is C36H31N. The van der Waals surface area contributed by atoms with Crippen LogP contribution in [0.15, 0.2) is 115 Å². The number of hydrogen-bond acceptors (Lipinski definition) is 1. The molecule has 5 aromatic carbocycles. The van der Waals surface area contributed by atoms with Crippen molar-refractivity contribution >= 4 is 39.0 Å². The van der Waals surface area contributed by atoms with E-state index >= 15 is 0 Å². The molecule has 0 bridgehead atoms. The Morgan fingerprint density at radius 1 is 0.486 bits per heavy atom. The van der Waals surface area contributed by atoms with Gasteiger partial charge in [0, 0.05) is 27.6 Å².